The number of para-hydroxylation sites is 1. The van der Waals surface area contributed by atoms with Crippen LogP contribution < -0.4 is 14.8 Å². The van der Waals surface area contributed by atoms with Crippen molar-refractivity contribution in [1.29, 1.82) is 0 Å². The second kappa shape index (κ2) is 8.33. The van der Waals surface area contributed by atoms with E-state index in [4.69, 9.17) is 4.74 Å². The number of rotatable bonds is 7. The van der Waals surface area contributed by atoms with Crippen molar-refractivity contribution in [3.63, 3.8) is 0 Å². The number of carboxylic acids is 1. The number of thiophene rings is 1. The zero-order valence-electron chi connectivity index (χ0n) is 15.1. The molecule has 3 rings (SSSR count). The molecule has 0 radical (unpaired) electrons. The summed E-state index contributed by atoms with van der Waals surface area (Å²) in [4.78, 5) is 23.7. The third-order valence-electron chi connectivity index (χ3n) is 3.86. The van der Waals surface area contributed by atoms with Crippen LogP contribution in [-0.4, -0.2) is 32.5 Å². The molecule has 0 aliphatic rings. The summed E-state index contributed by atoms with van der Waals surface area (Å²) in [6.07, 6.45) is 0. The molecule has 1 amide bonds. The van der Waals surface area contributed by atoms with Crippen molar-refractivity contribution in [2.45, 2.75) is 4.90 Å². The molecule has 3 N–H and O–H groups in total. The second-order valence-corrected chi connectivity index (χ2v) is 8.38. The average Bonchev–Trinajstić information content (AvgIpc) is 3.20. The van der Waals surface area contributed by atoms with Crippen LogP contribution in [0.5, 0.6) is 5.75 Å². The van der Waals surface area contributed by atoms with Crippen molar-refractivity contribution in [3.8, 4) is 5.75 Å². The Kier molecular flexibility index (Phi) is 5.85. The third-order valence-corrected chi connectivity index (χ3v) is 6.30. The third kappa shape index (κ3) is 4.73. The van der Waals surface area contributed by atoms with Crippen LogP contribution in [0.1, 0.15) is 20.0 Å². The zero-order valence-corrected chi connectivity index (χ0v) is 16.7. The Morgan fingerprint density at radius 3 is 2.41 bits per heavy atom. The average molecular weight is 432 g/mol. The molecular weight excluding hydrogens is 416 g/mol. The van der Waals surface area contributed by atoms with Gasteiger partial charge in [-0.1, -0.05) is 12.1 Å². The number of carbonyl (C=O) groups is 2. The Labute approximate surface area is 170 Å². The Bertz CT molecular complexity index is 1150. The first-order valence-corrected chi connectivity index (χ1v) is 10.6. The largest absolute Gasteiger partial charge is 0.497 e. The van der Waals surface area contributed by atoms with E-state index < -0.39 is 21.9 Å². The fourth-order valence-electron chi connectivity index (χ4n) is 2.41. The number of ether oxygens (including phenoxy) is 1. The molecule has 0 aliphatic heterocycles. The first-order chi connectivity index (χ1) is 13.8. The maximum Gasteiger partial charge on any atom is 0.337 e. The summed E-state index contributed by atoms with van der Waals surface area (Å²) in [5.74, 6) is -1.20. The number of carbonyl (C=O) groups excluding carboxylic acids is 1. The highest BCUT2D eigenvalue weighted by Crippen LogP contribution is 2.24. The summed E-state index contributed by atoms with van der Waals surface area (Å²) in [6, 6.07) is 13.5. The van der Waals surface area contributed by atoms with Gasteiger partial charge in [0.1, 0.15) is 5.75 Å². The number of anilines is 2. The van der Waals surface area contributed by atoms with Gasteiger partial charge in [0.05, 0.1) is 28.1 Å². The van der Waals surface area contributed by atoms with Gasteiger partial charge in [-0.2, -0.15) is 0 Å². The van der Waals surface area contributed by atoms with Gasteiger partial charge in [0.2, 0.25) is 0 Å². The molecule has 8 nitrogen and oxygen atoms in total. The summed E-state index contributed by atoms with van der Waals surface area (Å²) in [6.45, 7) is 0. The van der Waals surface area contributed by atoms with Crippen molar-refractivity contribution in [3.05, 3.63) is 70.4 Å². The molecule has 0 atom stereocenters. The number of amides is 1. The van der Waals surface area contributed by atoms with Crippen molar-refractivity contribution in [2.75, 3.05) is 17.1 Å². The summed E-state index contributed by atoms with van der Waals surface area (Å²) in [5.41, 5.74) is 0.406. The van der Waals surface area contributed by atoms with Crippen molar-refractivity contribution in [2.24, 2.45) is 0 Å². The van der Waals surface area contributed by atoms with Crippen LogP contribution in [0.15, 0.2) is 64.9 Å². The Balaban J connectivity index is 1.77. The molecule has 1 heterocycles. The monoisotopic (exact) mass is 432 g/mol. The highest BCUT2D eigenvalue weighted by molar-refractivity contribution is 7.92. The Morgan fingerprint density at radius 2 is 1.76 bits per heavy atom. The summed E-state index contributed by atoms with van der Waals surface area (Å²) in [7, 11) is -2.39. The quantitative estimate of drug-likeness (QED) is 0.525. The summed E-state index contributed by atoms with van der Waals surface area (Å²) < 4.78 is 32.6. The highest BCUT2D eigenvalue weighted by atomic mass is 32.2. The van der Waals surface area contributed by atoms with Gasteiger partial charge in [-0.25, -0.2) is 13.2 Å². The maximum absolute atomic E-state index is 12.5. The number of carboxylic acid groups (broad SMARTS) is 1. The van der Waals surface area contributed by atoms with E-state index in [9.17, 15) is 23.1 Å². The predicted molar refractivity (Wildman–Crippen MR) is 109 cm³/mol. The normalized spacial score (nSPS) is 10.9. The van der Waals surface area contributed by atoms with E-state index in [0.29, 0.717) is 11.4 Å². The fourth-order valence-corrected chi connectivity index (χ4v) is 4.64. The van der Waals surface area contributed by atoms with Crippen LogP contribution in [0.4, 0.5) is 11.4 Å². The van der Waals surface area contributed by atoms with E-state index in [0.717, 1.165) is 11.3 Å². The molecule has 0 saturated carbocycles. The fraction of sp³-hybridized carbons (Fsp3) is 0.0526. The lowest BCUT2D eigenvalue weighted by Crippen LogP contribution is -2.14. The number of methoxy groups -OCH3 is 1. The predicted octanol–water partition coefficient (Wildman–Crippen LogP) is 3.51. The molecule has 2 aromatic carbocycles. The molecule has 1 aromatic heterocycles. The van der Waals surface area contributed by atoms with Gasteiger partial charge in [0.25, 0.3) is 15.9 Å². The number of hydrogen-bond donors (Lipinski definition) is 3. The molecule has 10 heteroatoms. The molecule has 0 unspecified atom stereocenters. The molecule has 0 aliphatic carbocycles. The minimum atomic E-state index is -3.89. The number of hydrogen-bond acceptors (Lipinski definition) is 6. The molecule has 0 fully saturated rings. The van der Waals surface area contributed by atoms with E-state index in [2.05, 4.69) is 10.0 Å². The molecule has 0 bridgehead atoms. The highest BCUT2D eigenvalue weighted by Gasteiger charge is 2.20. The SMILES string of the molecule is COc1ccc(NS(=O)(=O)c2csc(C(=O)Nc3ccccc3C(=O)O)c2)cc1. The maximum atomic E-state index is 12.5. The lowest BCUT2D eigenvalue weighted by atomic mass is 10.2. The number of aromatic carboxylic acids is 1. The minimum absolute atomic E-state index is 0.0635. The smallest absolute Gasteiger partial charge is 0.337 e. The number of sulfonamides is 1. The first-order valence-electron chi connectivity index (χ1n) is 8.19. The summed E-state index contributed by atoms with van der Waals surface area (Å²) in [5, 5.41) is 13.0. The molecule has 0 spiro atoms. The van der Waals surface area contributed by atoms with Crippen molar-refractivity contribution < 1.29 is 27.9 Å². The van der Waals surface area contributed by atoms with Crippen LogP contribution in [0, 0.1) is 0 Å². The Morgan fingerprint density at radius 1 is 1.07 bits per heavy atom. The van der Waals surface area contributed by atoms with Crippen LogP contribution in [0.2, 0.25) is 0 Å². The van der Waals surface area contributed by atoms with Gasteiger partial charge >= 0.3 is 5.97 Å². The lowest BCUT2D eigenvalue weighted by molar-refractivity contribution is 0.0698. The lowest BCUT2D eigenvalue weighted by Gasteiger charge is -2.07. The van der Waals surface area contributed by atoms with E-state index in [1.807, 2.05) is 0 Å². The van der Waals surface area contributed by atoms with Gasteiger partial charge in [-0.3, -0.25) is 9.52 Å². The molecule has 0 saturated heterocycles. The Hall–Kier alpha value is -3.37. The molecular formula is C19H16N2O6S2. The van der Waals surface area contributed by atoms with Gasteiger partial charge in [-0.15, -0.1) is 11.3 Å². The van der Waals surface area contributed by atoms with Crippen LogP contribution in [0.25, 0.3) is 0 Å². The standard InChI is InChI=1S/C19H16N2O6S2/c1-27-13-8-6-12(7-9-13)21-29(25,26)14-10-17(28-11-14)18(22)20-16-5-3-2-4-15(16)19(23)24/h2-11,21H,1H3,(H,20,22)(H,23,24). The van der Waals surface area contributed by atoms with E-state index in [1.165, 1.54) is 30.7 Å². The van der Waals surface area contributed by atoms with Crippen molar-refractivity contribution in [1.82, 2.24) is 0 Å². The van der Waals surface area contributed by atoms with Gasteiger partial charge in [0, 0.05) is 11.1 Å². The van der Waals surface area contributed by atoms with Gasteiger partial charge < -0.3 is 15.2 Å². The van der Waals surface area contributed by atoms with Crippen LogP contribution in [0.3, 0.4) is 0 Å². The molecule has 150 valence electrons. The van der Waals surface area contributed by atoms with E-state index in [1.54, 1.807) is 36.4 Å². The molecule has 3 aromatic rings. The topological polar surface area (TPSA) is 122 Å². The van der Waals surface area contributed by atoms with Crippen LogP contribution >= 0.6 is 11.3 Å². The van der Waals surface area contributed by atoms with Gasteiger partial charge in [-0.05, 0) is 42.5 Å². The van der Waals surface area contributed by atoms with Crippen LogP contribution in [-0.2, 0) is 10.0 Å². The molecule has 29 heavy (non-hydrogen) atoms. The second-order valence-electron chi connectivity index (χ2n) is 5.79. The summed E-state index contributed by atoms with van der Waals surface area (Å²) >= 11 is 0.936. The van der Waals surface area contributed by atoms with Crippen molar-refractivity contribution >= 4 is 44.6 Å². The zero-order chi connectivity index (χ0) is 21.0. The minimum Gasteiger partial charge on any atom is -0.497 e. The van der Waals surface area contributed by atoms with E-state index >= 15 is 0 Å². The van der Waals surface area contributed by atoms with E-state index in [-0.39, 0.29) is 21.0 Å². The first kappa shape index (κ1) is 20.4. The number of nitrogens with one attached hydrogen (secondary N) is 2. The van der Waals surface area contributed by atoms with Gasteiger partial charge in [0.15, 0.2) is 0 Å². The number of benzene rings is 2.